The molecule has 0 saturated carbocycles. The summed E-state index contributed by atoms with van der Waals surface area (Å²) in [7, 11) is 0. The maximum Gasteiger partial charge on any atom is 0.160 e. The second-order valence-corrected chi connectivity index (χ2v) is 4.94. The zero-order valence-electron chi connectivity index (χ0n) is 5.21. The van der Waals surface area contributed by atoms with Gasteiger partial charge in [-0.25, -0.2) is 9.97 Å². The van der Waals surface area contributed by atoms with Crippen molar-refractivity contribution in [3.8, 4) is 0 Å². The maximum absolute atomic E-state index is 4.24. The number of thiazole rings is 1. The van der Waals surface area contributed by atoms with E-state index in [0.717, 1.165) is 18.7 Å². The molecule has 2 aromatic rings. The fourth-order valence-electron chi connectivity index (χ4n) is 0.797. The predicted molar refractivity (Wildman–Crippen MR) is 52.8 cm³/mol. The van der Waals surface area contributed by atoms with Crippen molar-refractivity contribution < 1.29 is 0 Å². The van der Waals surface area contributed by atoms with Crippen LogP contribution in [0.4, 0.5) is 0 Å². The Morgan fingerprint density at radius 2 is 2.18 bits per heavy atom. The Morgan fingerprint density at radius 1 is 1.36 bits per heavy atom. The van der Waals surface area contributed by atoms with Gasteiger partial charge in [0.15, 0.2) is 3.92 Å². The topological polar surface area (TPSA) is 25.8 Å². The minimum Gasteiger partial charge on any atom is -0.248 e. The van der Waals surface area contributed by atoms with Crippen LogP contribution in [0.5, 0.6) is 0 Å². The van der Waals surface area contributed by atoms with Crippen molar-refractivity contribution >= 4 is 53.4 Å². The lowest BCUT2D eigenvalue weighted by Crippen LogP contribution is -1.72. The molecular formula is C6H2Br2N2S. The first kappa shape index (κ1) is 7.64. The highest BCUT2D eigenvalue weighted by Gasteiger charge is 2.03. The monoisotopic (exact) mass is 292 g/mol. The molecule has 0 aliphatic heterocycles. The zero-order valence-corrected chi connectivity index (χ0v) is 9.20. The van der Waals surface area contributed by atoms with Gasteiger partial charge in [0, 0.05) is 6.20 Å². The van der Waals surface area contributed by atoms with Gasteiger partial charge in [0.05, 0.1) is 10.2 Å². The second kappa shape index (κ2) is 2.80. The van der Waals surface area contributed by atoms with E-state index in [1.165, 1.54) is 0 Å². The summed E-state index contributed by atoms with van der Waals surface area (Å²) in [5.74, 6) is 0. The summed E-state index contributed by atoms with van der Waals surface area (Å²) in [4.78, 5) is 8.33. The Hall–Kier alpha value is -0.0000000000000000833. The number of pyridine rings is 1. The summed E-state index contributed by atoms with van der Waals surface area (Å²) < 4.78 is 2.83. The average molecular weight is 294 g/mol. The molecule has 2 rings (SSSR count). The molecule has 2 aromatic heterocycles. The van der Waals surface area contributed by atoms with Crippen LogP contribution < -0.4 is 0 Å². The summed E-state index contributed by atoms with van der Waals surface area (Å²) in [6.45, 7) is 0. The van der Waals surface area contributed by atoms with Gasteiger partial charge in [0.2, 0.25) is 0 Å². The predicted octanol–water partition coefficient (Wildman–Crippen LogP) is 3.22. The first-order valence-electron chi connectivity index (χ1n) is 2.84. The molecule has 0 spiro atoms. The molecule has 5 heteroatoms. The molecule has 56 valence electrons. The number of halogens is 2. The lowest BCUT2D eigenvalue weighted by molar-refractivity contribution is 1.31. The van der Waals surface area contributed by atoms with E-state index < -0.39 is 0 Å². The molecule has 0 atom stereocenters. The lowest BCUT2D eigenvalue weighted by atomic mass is 10.4. The molecule has 0 aromatic carbocycles. The van der Waals surface area contributed by atoms with Crippen LogP contribution in [0.15, 0.2) is 20.8 Å². The van der Waals surface area contributed by atoms with Gasteiger partial charge in [-0.15, -0.1) is 11.3 Å². The molecular weight excluding hydrogens is 292 g/mol. The summed E-state index contributed by atoms with van der Waals surface area (Å²) in [5.41, 5.74) is 0.976. The Bertz CT molecular complexity index is 398. The molecule has 2 heterocycles. The lowest BCUT2D eigenvalue weighted by Gasteiger charge is -1.87. The number of aromatic nitrogens is 2. The minimum atomic E-state index is 0.859. The van der Waals surface area contributed by atoms with Gasteiger partial charge in [-0.2, -0.15) is 0 Å². The summed E-state index contributed by atoms with van der Waals surface area (Å²) in [5, 5.41) is 0. The highest BCUT2D eigenvalue weighted by Crippen LogP contribution is 2.30. The fourth-order valence-corrected chi connectivity index (χ4v) is 2.71. The normalized spacial score (nSPS) is 10.7. The molecule has 0 N–H and O–H groups in total. The van der Waals surface area contributed by atoms with Crippen LogP contribution in [0.2, 0.25) is 0 Å². The number of nitrogens with zero attached hydrogens (tertiary/aromatic N) is 2. The third kappa shape index (κ3) is 1.32. The Balaban J connectivity index is 2.90. The van der Waals surface area contributed by atoms with Crippen molar-refractivity contribution in [3.63, 3.8) is 0 Å². The van der Waals surface area contributed by atoms with Crippen molar-refractivity contribution in [2.75, 3.05) is 0 Å². The Labute approximate surface area is 83.9 Å². The fraction of sp³-hybridized carbons (Fsp3) is 0. The van der Waals surface area contributed by atoms with Gasteiger partial charge in [0.25, 0.3) is 0 Å². The molecule has 0 fully saturated rings. The first-order chi connectivity index (χ1) is 5.27. The van der Waals surface area contributed by atoms with Crippen molar-refractivity contribution in [3.05, 3.63) is 20.8 Å². The molecule has 0 amide bonds. The van der Waals surface area contributed by atoms with E-state index in [4.69, 9.17) is 0 Å². The molecule has 0 radical (unpaired) electrons. The smallest absolute Gasteiger partial charge is 0.160 e. The number of hydrogen-bond acceptors (Lipinski definition) is 3. The van der Waals surface area contributed by atoms with Crippen molar-refractivity contribution in [2.24, 2.45) is 0 Å². The highest BCUT2D eigenvalue weighted by molar-refractivity contribution is 9.11. The summed E-state index contributed by atoms with van der Waals surface area (Å²) in [6, 6.07) is 1.89. The van der Waals surface area contributed by atoms with Crippen LogP contribution in [-0.4, -0.2) is 9.97 Å². The first-order valence-corrected chi connectivity index (χ1v) is 5.24. The number of rotatable bonds is 0. The number of hydrogen-bond donors (Lipinski definition) is 0. The van der Waals surface area contributed by atoms with Crippen LogP contribution in [0, 0.1) is 0 Å². The van der Waals surface area contributed by atoms with Gasteiger partial charge in [-0.3, -0.25) is 0 Å². The number of fused-ring (bicyclic) bond motifs is 1. The molecule has 2 nitrogen and oxygen atoms in total. The third-order valence-electron chi connectivity index (χ3n) is 1.23. The second-order valence-electron chi connectivity index (χ2n) is 1.92. The van der Waals surface area contributed by atoms with E-state index in [1.807, 2.05) is 6.07 Å². The quantitative estimate of drug-likeness (QED) is 0.697. The summed E-state index contributed by atoms with van der Waals surface area (Å²) in [6.07, 6.45) is 1.73. The minimum absolute atomic E-state index is 0.859. The Kier molecular flexibility index (Phi) is 1.95. The van der Waals surface area contributed by atoms with Crippen LogP contribution in [-0.2, 0) is 0 Å². The van der Waals surface area contributed by atoms with Crippen molar-refractivity contribution in [1.82, 2.24) is 9.97 Å². The molecule has 0 unspecified atom stereocenters. The van der Waals surface area contributed by atoms with Crippen LogP contribution in [0.3, 0.4) is 0 Å². The molecule has 0 aliphatic carbocycles. The van der Waals surface area contributed by atoms with E-state index in [9.17, 15) is 0 Å². The maximum atomic E-state index is 4.24. The van der Waals surface area contributed by atoms with E-state index in [1.54, 1.807) is 17.5 Å². The molecule has 0 aliphatic rings. The molecule has 0 bridgehead atoms. The van der Waals surface area contributed by atoms with E-state index >= 15 is 0 Å². The van der Waals surface area contributed by atoms with Gasteiger partial charge >= 0.3 is 0 Å². The molecule has 11 heavy (non-hydrogen) atoms. The zero-order chi connectivity index (χ0) is 7.84. The van der Waals surface area contributed by atoms with E-state index in [-0.39, 0.29) is 0 Å². The molecule has 0 saturated heterocycles. The van der Waals surface area contributed by atoms with E-state index in [2.05, 4.69) is 41.8 Å². The van der Waals surface area contributed by atoms with Gasteiger partial charge in [0.1, 0.15) is 4.60 Å². The van der Waals surface area contributed by atoms with Crippen molar-refractivity contribution in [1.29, 1.82) is 0 Å². The SMILES string of the molecule is Brc1nc2ccnc(Br)c2s1. The highest BCUT2D eigenvalue weighted by atomic mass is 79.9. The summed E-state index contributed by atoms with van der Waals surface area (Å²) >= 11 is 8.24. The van der Waals surface area contributed by atoms with Gasteiger partial charge in [-0.05, 0) is 37.9 Å². The standard InChI is InChI=1S/C6H2Br2N2S/c7-5-4-3(1-2-9-5)10-6(8)11-4/h1-2H. The van der Waals surface area contributed by atoms with Crippen molar-refractivity contribution in [2.45, 2.75) is 0 Å². The van der Waals surface area contributed by atoms with Crippen LogP contribution in [0.1, 0.15) is 0 Å². The van der Waals surface area contributed by atoms with E-state index in [0.29, 0.717) is 0 Å². The average Bonchev–Trinajstić information content (AvgIpc) is 2.31. The van der Waals surface area contributed by atoms with Crippen LogP contribution >= 0.6 is 43.2 Å². The third-order valence-corrected chi connectivity index (χ3v) is 3.63. The van der Waals surface area contributed by atoms with Gasteiger partial charge < -0.3 is 0 Å². The van der Waals surface area contributed by atoms with Crippen LogP contribution in [0.25, 0.3) is 10.2 Å². The Morgan fingerprint density at radius 3 is 2.91 bits per heavy atom. The van der Waals surface area contributed by atoms with Gasteiger partial charge in [-0.1, -0.05) is 0 Å². The largest absolute Gasteiger partial charge is 0.248 e.